The van der Waals surface area contributed by atoms with E-state index in [0.29, 0.717) is 13.0 Å². The number of halogens is 3. The summed E-state index contributed by atoms with van der Waals surface area (Å²) in [4.78, 5) is 23.4. The van der Waals surface area contributed by atoms with Gasteiger partial charge in [-0.2, -0.15) is 13.2 Å². The third-order valence-corrected chi connectivity index (χ3v) is 3.58. The molecule has 5 nitrogen and oxygen atoms in total. The minimum absolute atomic E-state index is 0.113. The minimum atomic E-state index is -4.47. The molecule has 126 valence electrons. The first-order valence-corrected chi connectivity index (χ1v) is 7.15. The van der Waals surface area contributed by atoms with Gasteiger partial charge in [-0.25, -0.2) is 0 Å². The van der Waals surface area contributed by atoms with Crippen LogP contribution in [0.5, 0.6) is 0 Å². The van der Waals surface area contributed by atoms with Crippen molar-refractivity contribution in [1.29, 1.82) is 0 Å². The van der Waals surface area contributed by atoms with Gasteiger partial charge >= 0.3 is 6.18 Å². The average molecular weight is 330 g/mol. The fraction of sp³-hybridized carbons (Fsp3) is 0.467. The van der Waals surface area contributed by atoms with Crippen LogP contribution in [0.15, 0.2) is 24.3 Å². The lowest BCUT2D eigenvalue weighted by Crippen LogP contribution is -2.49. The third kappa shape index (κ3) is 4.69. The largest absolute Gasteiger partial charge is 0.416 e. The number of rotatable bonds is 5. The Labute approximate surface area is 131 Å². The van der Waals surface area contributed by atoms with Crippen LogP contribution < -0.4 is 11.1 Å². The molecule has 1 aliphatic rings. The molecule has 23 heavy (non-hydrogen) atoms. The van der Waals surface area contributed by atoms with Crippen LogP contribution in [0.4, 0.5) is 13.2 Å². The number of benzene rings is 1. The molecule has 1 fully saturated rings. The van der Waals surface area contributed by atoms with E-state index in [1.54, 1.807) is 0 Å². The Hall–Kier alpha value is -2.09. The molecule has 2 amide bonds. The molecule has 8 heteroatoms. The number of primary amides is 1. The van der Waals surface area contributed by atoms with Crippen molar-refractivity contribution in [2.24, 2.45) is 5.73 Å². The summed E-state index contributed by atoms with van der Waals surface area (Å²) < 4.78 is 43.3. The van der Waals surface area contributed by atoms with E-state index >= 15 is 0 Å². The number of amides is 2. The first-order valence-electron chi connectivity index (χ1n) is 7.15. The monoisotopic (exact) mass is 330 g/mol. The van der Waals surface area contributed by atoms with E-state index in [1.807, 2.05) is 0 Å². The van der Waals surface area contributed by atoms with Crippen LogP contribution in [-0.4, -0.2) is 30.6 Å². The van der Waals surface area contributed by atoms with Crippen LogP contribution in [0.25, 0.3) is 0 Å². The number of nitrogens with one attached hydrogen (secondary N) is 1. The van der Waals surface area contributed by atoms with E-state index < -0.39 is 35.7 Å². The van der Waals surface area contributed by atoms with Crippen molar-refractivity contribution in [3.63, 3.8) is 0 Å². The Bertz CT molecular complexity index is 584. The van der Waals surface area contributed by atoms with Gasteiger partial charge in [0.25, 0.3) is 0 Å². The van der Waals surface area contributed by atoms with Crippen molar-refractivity contribution >= 4 is 11.8 Å². The Morgan fingerprint density at radius 1 is 1.39 bits per heavy atom. The third-order valence-electron chi connectivity index (χ3n) is 3.58. The van der Waals surface area contributed by atoms with Gasteiger partial charge in [0.15, 0.2) is 0 Å². The zero-order chi connectivity index (χ0) is 17.0. The zero-order valence-electron chi connectivity index (χ0n) is 12.2. The summed E-state index contributed by atoms with van der Waals surface area (Å²) >= 11 is 0. The molecule has 0 radical (unpaired) electrons. The summed E-state index contributed by atoms with van der Waals surface area (Å²) in [6.07, 6.45) is -3.94. The molecule has 2 atom stereocenters. The molecular weight excluding hydrogens is 313 g/mol. The number of hydrogen-bond acceptors (Lipinski definition) is 3. The summed E-state index contributed by atoms with van der Waals surface area (Å²) in [7, 11) is 0. The van der Waals surface area contributed by atoms with Crippen molar-refractivity contribution in [1.82, 2.24) is 5.32 Å². The molecule has 0 aromatic heterocycles. The van der Waals surface area contributed by atoms with E-state index in [0.717, 1.165) is 18.6 Å². The van der Waals surface area contributed by atoms with Gasteiger partial charge in [-0.15, -0.1) is 0 Å². The normalized spacial score (nSPS) is 19.3. The van der Waals surface area contributed by atoms with E-state index in [4.69, 9.17) is 10.5 Å². The van der Waals surface area contributed by atoms with Crippen molar-refractivity contribution in [2.75, 3.05) is 6.61 Å². The SMILES string of the molecule is NC(=O)[C@H](Cc1cccc(C(F)(F)F)c1)NC(=O)[C@@H]1CCCO1. The first kappa shape index (κ1) is 17.3. The summed E-state index contributed by atoms with van der Waals surface area (Å²) in [5.74, 6) is -1.29. The Kier molecular flexibility index (Phi) is 5.25. The standard InChI is InChI=1S/C15H17F3N2O3/c16-15(17,18)10-4-1-3-9(7-10)8-11(13(19)21)20-14(22)12-5-2-6-23-12/h1,3-4,7,11-12H,2,5-6,8H2,(H2,19,21)(H,20,22)/t11-,12-/m0/s1. The summed E-state index contributed by atoms with van der Waals surface area (Å²) in [6.45, 7) is 0.465. The van der Waals surface area contributed by atoms with Gasteiger partial charge in [-0.05, 0) is 24.5 Å². The second-order valence-corrected chi connectivity index (χ2v) is 5.37. The number of alkyl halides is 3. The van der Waals surface area contributed by atoms with Crippen molar-refractivity contribution in [3.8, 4) is 0 Å². The molecule has 0 aliphatic carbocycles. The lowest BCUT2D eigenvalue weighted by Gasteiger charge is -2.18. The molecule has 0 bridgehead atoms. The molecule has 2 rings (SSSR count). The van der Waals surface area contributed by atoms with Crippen LogP contribution in [0.2, 0.25) is 0 Å². The van der Waals surface area contributed by atoms with Gasteiger partial charge < -0.3 is 15.8 Å². The lowest BCUT2D eigenvalue weighted by molar-refractivity contribution is -0.137. The van der Waals surface area contributed by atoms with E-state index in [2.05, 4.69) is 5.32 Å². The topological polar surface area (TPSA) is 81.4 Å². The summed E-state index contributed by atoms with van der Waals surface area (Å²) in [5.41, 5.74) is 4.68. The molecule has 0 spiro atoms. The Balaban J connectivity index is 2.07. The maximum Gasteiger partial charge on any atom is 0.416 e. The zero-order valence-corrected chi connectivity index (χ0v) is 12.2. The van der Waals surface area contributed by atoms with Crippen LogP contribution >= 0.6 is 0 Å². The smallest absolute Gasteiger partial charge is 0.368 e. The molecule has 1 aromatic rings. The van der Waals surface area contributed by atoms with Gasteiger partial charge in [0.1, 0.15) is 12.1 Å². The van der Waals surface area contributed by atoms with Gasteiger partial charge in [0, 0.05) is 13.0 Å². The fourth-order valence-corrected chi connectivity index (χ4v) is 2.38. The van der Waals surface area contributed by atoms with Crippen molar-refractivity contribution in [3.05, 3.63) is 35.4 Å². The Morgan fingerprint density at radius 3 is 2.70 bits per heavy atom. The van der Waals surface area contributed by atoms with Crippen molar-refractivity contribution in [2.45, 2.75) is 37.6 Å². The van der Waals surface area contributed by atoms with E-state index in [-0.39, 0.29) is 12.0 Å². The second-order valence-electron chi connectivity index (χ2n) is 5.37. The average Bonchev–Trinajstić information content (AvgIpc) is 3.00. The van der Waals surface area contributed by atoms with E-state index in [1.165, 1.54) is 12.1 Å². The molecule has 1 aliphatic heterocycles. The summed E-state index contributed by atoms with van der Waals surface area (Å²) in [6, 6.07) is 3.49. The lowest BCUT2D eigenvalue weighted by atomic mass is 10.0. The molecule has 3 N–H and O–H groups in total. The molecule has 1 heterocycles. The van der Waals surface area contributed by atoms with Gasteiger partial charge in [0.05, 0.1) is 5.56 Å². The maximum absolute atomic E-state index is 12.7. The van der Waals surface area contributed by atoms with Crippen LogP contribution in [0.3, 0.4) is 0 Å². The number of carbonyl (C=O) groups excluding carboxylic acids is 2. The minimum Gasteiger partial charge on any atom is -0.368 e. The highest BCUT2D eigenvalue weighted by atomic mass is 19.4. The molecular formula is C15H17F3N2O3. The van der Waals surface area contributed by atoms with Gasteiger partial charge in [-0.3, -0.25) is 9.59 Å². The highest BCUT2D eigenvalue weighted by Gasteiger charge is 2.31. The quantitative estimate of drug-likeness (QED) is 0.856. The fourth-order valence-electron chi connectivity index (χ4n) is 2.38. The summed E-state index contributed by atoms with van der Waals surface area (Å²) in [5, 5.41) is 2.45. The number of hydrogen-bond donors (Lipinski definition) is 2. The van der Waals surface area contributed by atoms with Crippen LogP contribution in [0.1, 0.15) is 24.0 Å². The van der Waals surface area contributed by atoms with Crippen molar-refractivity contribution < 1.29 is 27.5 Å². The molecule has 1 saturated heterocycles. The Morgan fingerprint density at radius 2 is 2.13 bits per heavy atom. The van der Waals surface area contributed by atoms with Gasteiger partial charge in [0.2, 0.25) is 11.8 Å². The van der Waals surface area contributed by atoms with Gasteiger partial charge in [-0.1, -0.05) is 18.2 Å². The highest BCUT2D eigenvalue weighted by Crippen LogP contribution is 2.29. The van der Waals surface area contributed by atoms with Crippen LogP contribution in [-0.2, 0) is 26.9 Å². The predicted octanol–water partition coefficient (Wildman–Crippen LogP) is 1.40. The number of nitrogens with two attached hydrogens (primary N) is 1. The first-order chi connectivity index (χ1) is 10.8. The second kappa shape index (κ2) is 6.99. The highest BCUT2D eigenvalue weighted by molar-refractivity contribution is 5.88. The molecule has 0 saturated carbocycles. The predicted molar refractivity (Wildman–Crippen MR) is 75.2 cm³/mol. The number of carbonyl (C=O) groups is 2. The molecule has 1 aromatic carbocycles. The number of ether oxygens (including phenoxy) is 1. The molecule has 0 unspecified atom stereocenters. The maximum atomic E-state index is 12.7. The van der Waals surface area contributed by atoms with E-state index in [9.17, 15) is 22.8 Å². The van der Waals surface area contributed by atoms with Crippen LogP contribution in [0, 0.1) is 0 Å².